The first kappa shape index (κ1) is 43.4. The number of aliphatic hydroxyl groups is 6. The van der Waals surface area contributed by atoms with Crippen LogP contribution >= 0.6 is 0 Å². The summed E-state index contributed by atoms with van der Waals surface area (Å²) in [6.45, 7) is 0.716. The Kier molecular flexibility index (Phi) is 12.6. The molecule has 326 valence electrons. The highest BCUT2D eigenvalue weighted by Gasteiger charge is 2.51. The number of hydrogen-bond donors (Lipinski definition) is 11. The second kappa shape index (κ2) is 17.7. The van der Waals surface area contributed by atoms with Crippen LogP contribution in [-0.2, 0) is 14.2 Å². The van der Waals surface area contributed by atoms with Gasteiger partial charge in [0, 0.05) is 24.3 Å². The van der Waals surface area contributed by atoms with E-state index in [2.05, 4.69) is 0 Å². The summed E-state index contributed by atoms with van der Waals surface area (Å²) in [6.07, 6.45) is -16.4. The summed E-state index contributed by atoms with van der Waals surface area (Å²) in [4.78, 5) is 25.0. The maximum Gasteiger partial charge on any atom is 0.229 e. The van der Waals surface area contributed by atoms with E-state index in [0.29, 0.717) is 5.56 Å². The summed E-state index contributed by atoms with van der Waals surface area (Å²) in [6, 6.07) is 17.3. The fourth-order valence-electron chi connectivity index (χ4n) is 7.37. The van der Waals surface area contributed by atoms with Gasteiger partial charge in [0.2, 0.25) is 6.29 Å². The lowest BCUT2D eigenvalue weighted by Crippen LogP contribution is -2.64. The summed E-state index contributed by atoms with van der Waals surface area (Å²) in [5, 5.41) is 110. The van der Waals surface area contributed by atoms with E-state index in [1.54, 1.807) is 24.3 Å². The number of ether oxygens (including phenoxy) is 6. The van der Waals surface area contributed by atoms with Crippen molar-refractivity contribution >= 4 is 11.6 Å². The Morgan fingerprint density at radius 3 is 1.66 bits per heavy atom. The van der Waals surface area contributed by atoms with Crippen LogP contribution in [0.5, 0.6) is 46.0 Å². The zero-order valence-electron chi connectivity index (χ0n) is 32.2. The molecule has 0 spiro atoms. The predicted octanol–water partition coefficient (Wildman–Crippen LogP) is 1.34. The highest BCUT2D eigenvalue weighted by Crippen LogP contribution is 2.44. The fourth-order valence-corrected chi connectivity index (χ4v) is 7.37. The van der Waals surface area contributed by atoms with E-state index < -0.39 is 91.8 Å². The Bertz CT molecular complexity index is 2210. The standard InChI is InChI=1S/C27H32O14.C15H12O5/c1-10-20(32)22(34)24(36)26(37-10)41-25-23(35)21(33)18(9-28)40-27(25)38-13-6-14(30)19-15(31)8-16(39-17(19)7-13)11-2-4-12(29)5-3-11;16-9-3-1-8(2-4-9)13-7-12(19)15-11(18)5-10(17)6-14(15)20-13/h2-7,10,16,18,20-30,32-36H,8-9H2,1H3;1-6,13,16-18H,7H2/t10-,16?,18+,20-,21+,22+,23-,24+,25+,26-,27+;13-/m00/s1. The molecule has 4 aromatic rings. The van der Waals surface area contributed by atoms with Crippen LogP contribution in [0.2, 0.25) is 0 Å². The molecule has 4 heterocycles. The SMILES string of the molecule is C[C@@H]1O[C@@H](O[C@H]2[C@H](Oc3cc(O)c4c(c3)OC(c3ccc(O)cc3)CC4=O)O[C@H](CO)[C@@H](O)[C@@H]2O)[C@H](O)[C@H](O)[C@H]1O.O=C1C[C@@H](c2ccc(O)cc2)Oc2cc(O)cc(O)c21. The van der Waals surface area contributed by atoms with Gasteiger partial charge in [-0.3, -0.25) is 9.59 Å². The number of ketones is 2. The van der Waals surface area contributed by atoms with Crippen LogP contribution in [0.15, 0.2) is 72.8 Å². The molecule has 0 bridgehead atoms. The third kappa shape index (κ3) is 9.01. The molecule has 12 atom stereocenters. The zero-order valence-corrected chi connectivity index (χ0v) is 32.2. The largest absolute Gasteiger partial charge is 0.508 e. The van der Waals surface area contributed by atoms with Crippen molar-refractivity contribution in [2.24, 2.45) is 0 Å². The normalized spacial score (nSPS) is 30.7. The van der Waals surface area contributed by atoms with Crippen molar-refractivity contribution in [2.45, 2.75) is 93.4 Å². The summed E-state index contributed by atoms with van der Waals surface area (Å²) in [5.74, 6) is -1.35. The minimum atomic E-state index is -1.75. The van der Waals surface area contributed by atoms with Gasteiger partial charge in [-0.2, -0.15) is 0 Å². The van der Waals surface area contributed by atoms with Crippen molar-refractivity contribution in [2.75, 3.05) is 6.61 Å². The number of phenols is 5. The molecule has 8 rings (SSSR count). The first-order valence-electron chi connectivity index (χ1n) is 19.1. The molecule has 2 fully saturated rings. The Hall–Kier alpha value is -5.74. The van der Waals surface area contributed by atoms with Gasteiger partial charge in [-0.15, -0.1) is 0 Å². The number of benzene rings is 4. The number of hydrogen-bond acceptors (Lipinski definition) is 19. The van der Waals surface area contributed by atoms with Crippen LogP contribution in [0.4, 0.5) is 0 Å². The molecule has 1 unspecified atom stereocenters. The summed E-state index contributed by atoms with van der Waals surface area (Å²) < 4.78 is 34.2. The van der Waals surface area contributed by atoms with Gasteiger partial charge in [-0.25, -0.2) is 0 Å². The van der Waals surface area contributed by atoms with Gasteiger partial charge in [-0.05, 0) is 42.3 Å². The lowest BCUT2D eigenvalue weighted by Gasteiger charge is -2.45. The second-order valence-electron chi connectivity index (χ2n) is 14.9. The van der Waals surface area contributed by atoms with Crippen molar-refractivity contribution in [3.63, 3.8) is 0 Å². The number of aromatic hydroxyl groups is 5. The monoisotopic (exact) mass is 852 g/mol. The average Bonchev–Trinajstić information content (AvgIpc) is 3.21. The topological polar surface area (TPSA) is 312 Å². The van der Waals surface area contributed by atoms with Gasteiger partial charge in [0.25, 0.3) is 0 Å². The molecule has 0 aliphatic carbocycles. The Balaban J connectivity index is 0.000000233. The molecule has 0 saturated carbocycles. The third-order valence-electron chi connectivity index (χ3n) is 10.7. The van der Waals surface area contributed by atoms with Gasteiger partial charge in [0.1, 0.15) is 106 Å². The Morgan fingerprint density at radius 1 is 0.590 bits per heavy atom. The highest BCUT2D eigenvalue weighted by atomic mass is 16.8. The van der Waals surface area contributed by atoms with E-state index >= 15 is 0 Å². The quantitative estimate of drug-likeness (QED) is 0.125. The van der Waals surface area contributed by atoms with Gasteiger partial charge in [0.15, 0.2) is 24.0 Å². The predicted molar refractivity (Wildman–Crippen MR) is 204 cm³/mol. The maximum absolute atomic E-state index is 12.9. The Labute approximate surface area is 346 Å². The molecule has 4 aliphatic rings. The molecular formula is C42H44O19. The number of rotatable bonds is 7. The third-order valence-corrected chi connectivity index (χ3v) is 10.7. The van der Waals surface area contributed by atoms with Crippen LogP contribution in [0.3, 0.4) is 0 Å². The molecule has 19 nitrogen and oxygen atoms in total. The molecule has 0 amide bonds. The highest BCUT2D eigenvalue weighted by molar-refractivity contribution is 6.03. The number of Topliss-reactive ketones (excluding diaryl/α,β-unsaturated/α-hetero) is 2. The molecule has 19 heteroatoms. The zero-order chi connectivity index (χ0) is 43.9. The van der Waals surface area contributed by atoms with Gasteiger partial charge < -0.3 is 84.6 Å². The number of carbonyl (C=O) groups excluding carboxylic acids is 2. The van der Waals surface area contributed by atoms with Crippen molar-refractivity contribution in [1.82, 2.24) is 0 Å². The average molecular weight is 853 g/mol. The molecule has 4 aromatic carbocycles. The van der Waals surface area contributed by atoms with Gasteiger partial charge >= 0.3 is 0 Å². The van der Waals surface area contributed by atoms with Crippen molar-refractivity contribution < 1.29 is 94.2 Å². The van der Waals surface area contributed by atoms with Gasteiger partial charge in [0.05, 0.1) is 25.6 Å². The number of phenolic OH excluding ortho intramolecular Hbond substituents is 5. The van der Waals surface area contributed by atoms with Crippen LogP contribution in [0.1, 0.15) is 63.8 Å². The van der Waals surface area contributed by atoms with E-state index in [4.69, 9.17) is 28.4 Å². The van der Waals surface area contributed by atoms with Crippen molar-refractivity contribution in [3.8, 4) is 46.0 Å². The minimum Gasteiger partial charge on any atom is -0.508 e. The smallest absolute Gasteiger partial charge is 0.229 e. The first-order chi connectivity index (χ1) is 29.0. The molecule has 2 saturated heterocycles. The summed E-state index contributed by atoms with van der Waals surface area (Å²) >= 11 is 0. The van der Waals surface area contributed by atoms with Crippen molar-refractivity contribution in [3.05, 3.63) is 95.1 Å². The molecule has 61 heavy (non-hydrogen) atoms. The van der Waals surface area contributed by atoms with Crippen molar-refractivity contribution in [1.29, 1.82) is 0 Å². The van der Waals surface area contributed by atoms with E-state index in [9.17, 15) is 65.8 Å². The molecule has 4 aliphatic heterocycles. The summed E-state index contributed by atoms with van der Waals surface area (Å²) in [5.41, 5.74) is 1.36. The summed E-state index contributed by atoms with van der Waals surface area (Å²) in [7, 11) is 0. The van der Waals surface area contributed by atoms with Crippen LogP contribution < -0.4 is 14.2 Å². The van der Waals surface area contributed by atoms with E-state index in [1.165, 1.54) is 43.3 Å². The van der Waals surface area contributed by atoms with E-state index in [-0.39, 0.29) is 70.0 Å². The first-order valence-corrected chi connectivity index (χ1v) is 19.1. The van der Waals surface area contributed by atoms with Crippen LogP contribution in [0.25, 0.3) is 0 Å². The fraction of sp³-hybridized carbons (Fsp3) is 0.381. The van der Waals surface area contributed by atoms with E-state index in [1.807, 2.05) is 0 Å². The Morgan fingerprint density at radius 2 is 1.11 bits per heavy atom. The van der Waals surface area contributed by atoms with Gasteiger partial charge in [-0.1, -0.05) is 24.3 Å². The molecule has 0 aromatic heterocycles. The maximum atomic E-state index is 12.9. The number of fused-ring (bicyclic) bond motifs is 2. The lowest BCUT2D eigenvalue weighted by molar-refractivity contribution is -0.354. The lowest BCUT2D eigenvalue weighted by atomic mass is 9.95. The second-order valence-corrected chi connectivity index (χ2v) is 14.9. The number of carbonyl (C=O) groups is 2. The number of aliphatic hydroxyl groups excluding tert-OH is 6. The van der Waals surface area contributed by atoms with Crippen LogP contribution in [0, 0.1) is 0 Å². The molecule has 0 radical (unpaired) electrons. The minimum absolute atomic E-state index is 0.0149. The molecular weight excluding hydrogens is 808 g/mol. The van der Waals surface area contributed by atoms with E-state index in [0.717, 1.165) is 17.7 Å². The van der Waals surface area contributed by atoms with Crippen LogP contribution in [-0.4, -0.2) is 136 Å². The molecule has 11 N–H and O–H groups in total.